The first-order valence-corrected chi connectivity index (χ1v) is 6.33. The fourth-order valence-electron chi connectivity index (χ4n) is 1.82. The monoisotopic (exact) mass is 324 g/mol. The van der Waals surface area contributed by atoms with Crippen LogP contribution in [0.2, 0.25) is 0 Å². The Labute approximate surface area is 116 Å². The van der Waals surface area contributed by atoms with Crippen LogP contribution in [-0.4, -0.2) is 34.3 Å². The van der Waals surface area contributed by atoms with E-state index in [2.05, 4.69) is 25.9 Å². The molecule has 0 saturated carbocycles. The van der Waals surface area contributed by atoms with Gasteiger partial charge in [-0.25, -0.2) is 9.78 Å². The van der Waals surface area contributed by atoms with Gasteiger partial charge in [0.05, 0.1) is 0 Å². The zero-order valence-electron chi connectivity index (χ0n) is 9.64. The number of carbonyl (C=O) groups is 1. The number of aromatic nitrogens is 2. The number of aromatic carboxylic acids is 1. The number of benzene rings is 1. The molecule has 1 aromatic carbocycles. The minimum absolute atomic E-state index is 0.0510. The van der Waals surface area contributed by atoms with E-state index in [1.807, 2.05) is 0 Å². The van der Waals surface area contributed by atoms with E-state index in [9.17, 15) is 4.79 Å². The number of nitrogens with zero attached hydrogens (tertiary/aromatic N) is 1. The van der Waals surface area contributed by atoms with Crippen molar-refractivity contribution in [1.82, 2.24) is 9.97 Å². The summed E-state index contributed by atoms with van der Waals surface area (Å²) in [6, 6.07) is 5.34. The van der Waals surface area contributed by atoms with Gasteiger partial charge in [-0.05, 0) is 34.1 Å². The predicted molar refractivity (Wildman–Crippen MR) is 69.7 cm³/mol. The van der Waals surface area contributed by atoms with E-state index < -0.39 is 5.97 Å². The summed E-state index contributed by atoms with van der Waals surface area (Å²) in [7, 11) is 0. The molecule has 0 bridgehead atoms. The Morgan fingerprint density at radius 2 is 2.05 bits per heavy atom. The molecular formula is C12H9BrN2O4. The predicted octanol–water partition coefficient (Wildman–Crippen LogP) is 2.31. The molecule has 0 spiro atoms. The van der Waals surface area contributed by atoms with Crippen molar-refractivity contribution < 1.29 is 19.4 Å². The number of carboxylic acids is 1. The Kier molecular flexibility index (Phi) is 2.90. The number of hydrogen-bond donors (Lipinski definition) is 2. The second-order valence-corrected chi connectivity index (χ2v) is 4.70. The number of imidazole rings is 1. The Bertz CT molecular complexity index is 653. The number of nitrogens with one attached hydrogen (secondary N) is 1. The molecule has 3 rings (SSSR count). The molecule has 0 radical (unpaired) electrons. The third-order valence-corrected chi connectivity index (χ3v) is 3.25. The Hall–Kier alpha value is -2.02. The molecule has 6 nitrogen and oxygen atoms in total. The van der Waals surface area contributed by atoms with Gasteiger partial charge in [0.25, 0.3) is 0 Å². The number of ether oxygens (including phenoxy) is 2. The van der Waals surface area contributed by atoms with Crippen LogP contribution in [0.15, 0.2) is 22.8 Å². The number of halogens is 1. The van der Waals surface area contributed by atoms with Crippen molar-refractivity contribution in [2.24, 2.45) is 0 Å². The van der Waals surface area contributed by atoms with Gasteiger partial charge >= 0.3 is 5.97 Å². The summed E-state index contributed by atoms with van der Waals surface area (Å²) in [5.41, 5.74) is 0.683. The average Bonchev–Trinajstić information content (AvgIpc) is 2.80. The second kappa shape index (κ2) is 4.58. The molecular weight excluding hydrogens is 316 g/mol. The largest absolute Gasteiger partial charge is 0.486 e. The quantitative estimate of drug-likeness (QED) is 0.885. The first kappa shape index (κ1) is 12.0. The van der Waals surface area contributed by atoms with Gasteiger partial charge in [0.15, 0.2) is 17.2 Å². The number of aromatic amines is 1. The van der Waals surface area contributed by atoms with Crippen molar-refractivity contribution in [1.29, 1.82) is 0 Å². The molecule has 19 heavy (non-hydrogen) atoms. The maximum atomic E-state index is 10.9. The molecule has 0 unspecified atom stereocenters. The lowest BCUT2D eigenvalue weighted by molar-refractivity contribution is 0.0690. The molecule has 0 fully saturated rings. The summed E-state index contributed by atoms with van der Waals surface area (Å²) in [6.45, 7) is 1.03. The van der Waals surface area contributed by atoms with Crippen molar-refractivity contribution in [3.63, 3.8) is 0 Å². The van der Waals surface area contributed by atoms with E-state index in [-0.39, 0.29) is 5.69 Å². The maximum Gasteiger partial charge on any atom is 0.357 e. The molecule has 2 aromatic rings. The number of rotatable bonds is 2. The minimum atomic E-state index is -1.09. The van der Waals surface area contributed by atoms with Crippen LogP contribution in [0.4, 0.5) is 0 Å². The van der Waals surface area contributed by atoms with Crippen molar-refractivity contribution in [2.45, 2.75) is 0 Å². The molecule has 1 aliphatic heterocycles. The molecule has 2 N–H and O–H groups in total. The van der Waals surface area contributed by atoms with Crippen LogP contribution in [-0.2, 0) is 0 Å². The van der Waals surface area contributed by atoms with Crippen LogP contribution in [0.5, 0.6) is 11.5 Å². The fraction of sp³-hybridized carbons (Fsp3) is 0.167. The molecule has 2 heterocycles. The standard InChI is InChI=1S/C12H9BrN2O4/c13-10-9(12(16)17)14-11(15-10)6-1-2-7-8(5-6)19-4-3-18-7/h1-2,5H,3-4H2,(H,14,15)(H,16,17). The molecule has 0 amide bonds. The molecule has 0 atom stereocenters. The van der Waals surface area contributed by atoms with Crippen molar-refractivity contribution >= 4 is 21.9 Å². The van der Waals surface area contributed by atoms with Gasteiger partial charge in [0.2, 0.25) is 0 Å². The normalized spacial score (nSPS) is 13.3. The summed E-state index contributed by atoms with van der Waals surface area (Å²) < 4.78 is 11.2. The van der Waals surface area contributed by atoms with Crippen LogP contribution in [0.3, 0.4) is 0 Å². The first-order valence-electron chi connectivity index (χ1n) is 5.54. The van der Waals surface area contributed by atoms with E-state index in [0.29, 0.717) is 35.1 Å². The molecule has 0 aliphatic carbocycles. The number of H-pyrrole nitrogens is 1. The zero-order chi connectivity index (χ0) is 13.4. The Balaban J connectivity index is 2.02. The van der Waals surface area contributed by atoms with Crippen LogP contribution >= 0.6 is 15.9 Å². The second-order valence-electron chi connectivity index (χ2n) is 3.91. The minimum Gasteiger partial charge on any atom is -0.486 e. The van der Waals surface area contributed by atoms with Crippen LogP contribution in [0.1, 0.15) is 10.5 Å². The summed E-state index contributed by atoms with van der Waals surface area (Å²) in [5.74, 6) is 0.681. The van der Waals surface area contributed by atoms with Gasteiger partial charge in [-0.15, -0.1) is 0 Å². The summed E-state index contributed by atoms with van der Waals surface area (Å²) >= 11 is 3.14. The highest BCUT2D eigenvalue weighted by molar-refractivity contribution is 9.10. The lowest BCUT2D eigenvalue weighted by atomic mass is 10.2. The van der Waals surface area contributed by atoms with E-state index in [1.54, 1.807) is 18.2 Å². The smallest absolute Gasteiger partial charge is 0.357 e. The van der Waals surface area contributed by atoms with Crippen LogP contribution in [0.25, 0.3) is 11.4 Å². The fourth-order valence-corrected chi connectivity index (χ4v) is 2.27. The highest BCUT2D eigenvalue weighted by atomic mass is 79.9. The van der Waals surface area contributed by atoms with Crippen molar-refractivity contribution in [2.75, 3.05) is 13.2 Å². The highest BCUT2D eigenvalue weighted by Gasteiger charge is 2.18. The first-order chi connectivity index (χ1) is 9.15. The van der Waals surface area contributed by atoms with Gasteiger partial charge in [-0.3, -0.25) is 0 Å². The van der Waals surface area contributed by atoms with Gasteiger partial charge in [0.1, 0.15) is 23.6 Å². The molecule has 1 aromatic heterocycles. The maximum absolute atomic E-state index is 10.9. The molecule has 1 aliphatic rings. The number of fused-ring (bicyclic) bond motifs is 1. The molecule has 0 saturated heterocycles. The summed E-state index contributed by atoms with van der Waals surface area (Å²) in [6.07, 6.45) is 0. The Morgan fingerprint density at radius 1 is 1.32 bits per heavy atom. The third-order valence-electron chi connectivity index (χ3n) is 2.68. The van der Waals surface area contributed by atoms with Crippen molar-refractivity contribution in [3.05, 3.63) is 28.5 Å². The lowest BCUT2D eigenvalue weighted by Gasteiger charge is -2.18. The van der Waals surface area contributed by atoms with Crippen molar-refractivity contribution in [3.8, 4) is 22.9 Å². The number of hydrogen-bond acceptors (Lipinski definition) is 4. The third kappa shape index (κ3) is 2.17. The van der Waals surface area contributed by atoms with Gasteiger partial charge in [-0.1, -0.05) is 0 Å². The van der Waals surface area contributed by atoms with Gasteiger partial charge in [-0.2, -0.15) is 0 Å². The van der Waals surface area contributed by atoms with Crippen LogP contribution in [0, 0.1) is 0 Å². The van der Waals surface area contributed by atoms with E-state index >= 15 is 0 Å². The lowest BCUT2D eigenvalue weighted by Crippen LogP contribution is -2.15. The zero-order valence-corrected chi connectivity index (χ0v) is 11.2. The van der Waals surface area contributed by atoms with E-state index in [1.165, 1.54) is 0 Å². The van der Waals surface area contributed by atoms with Gasteiger partial charge < -0.3 is 19.6 Å². The topological polar surface area (TPSA) is 84.4 Å². The van der Waals surface area contributed by atoms with E-state index in [0.717, 1.165) is 5.56 Å². The van der Waals surface area contributed by atoms with Gasteiger partial charge in [0, 0.05) is 5.56 Å². The Morgan fingerprint density at radius 3 is 2.74 bits per heavy atom. The molecule has 7 heteroatoms. The van der Waals surface area contributed by atoms with Crippen LogP contribution < -0.4 is 9.47 Å². The summed E-state index contributed by atoms with van der Waals surface area (Å²) in [5, 5.41) is 8.96. The van der Waals surface area contributed by atoms with E-state index in [4.69, 9.17) is 14.6 Å². The average molecular weight is 325 g/mol. The SMILES string of the molecule is O=C(O)c1nc(-c2ccc3c(c2)OCCO3)[nH]c1Br. The highest BCUT2D eigenvalue weighted by Crippen LogP contribution is 2.34. The molecule has 98 valence electrons. The number of carboxylic acid groups (broad SMARTS) is 1. The summed E-state index contributed by atoms with van der Waals surface area (Å²) in [4.78, 5) is 17.8.